The van der Waals surface area contributed by atoms with Gasteiger partial charge in [0.25, 0.3) is 0 Å². The minimum atomic E-state index is -0.122. The molecule has 0 aromatic heterocycles. The molecule has 0 aliphatic carbocycles. The standard InChI is InChI=1S/C10H22O/c1-5-10(8(2)3)7-6-9(4)11/h8-11H,5-7H2,1-4H3/t9-,10?/m0/s1. The van der Waals surface area contributed by atoms with Gasteiger partial charge in [-0.15, -0.1) is 0 Å². The predicted molar refractivity (Wildman–Crippen MR) is 49.5 cm³/mol. The second-order valence-corrected chi connectivity index (χ2v) is 3.84. The summed E-state index contributed by atoms with van der Waals surface area (Å²) >= 11 is 0. The molecule has 0 spiro atoms. The van der Waals surface area contributed by atoms with Gasteiger partial charge in [-0.2, -0.15) is 0 Å². The van der Waals surface area contributed by atoms with Crippen molar-refractivity contribution in [3.8, 4) is 0 Å². The Morgan fingerprint density at radius 3 is 1.91 bits per heavy atom. The fourth-order valence-corrected chi connectivity index (χ4v) is 1.46. The SMILES string of the molecule is CCC(CC[C@H](C)O)C(C)C. The van der Waals surface area contributed by atoms with Gasteiger partial charge < -0.3 is 5.11 Å². The van der Waals surface area contributed by atoms with Crippen LogP contribution in [0.25, 0.3) is 0 Å². The highest BCUT2D eigenvalue weighted by atomic mass is 16.3. The lowest BCUT2D eigenvalue weighted by Gasteiger charge is -2.19. The van der Waals surface area contributed by atoms with Crippen LogP contribution in [0.4, 0.5) is 0 Å². The zero-order valence-corrected chi connectivity index (χ0v) is 8.30. The maximum Gasteiger partial charge on any atom is 0.0512 e. The monoisotopic (exact) mass is 158 g/mol. The van der Waals surface area contributed by atoms with Crippen molar-refractivity contribution >= 4 is 0 Å². The van der Waals surface area contributed by atoms with Crippen molar-refractivity contribution in [3.63, 3.8) is 0 Å². The van der Waals surface area contributed by atoms with Crippen molar-refractivity contribution in [2.45, 2.75) is 53.1 Å². The molecule has 0 saturated heterocycles. The van der Waals surface area contributed by atoms with Crippen LogP contribution in [0, 0.1) is 11.8 Å². The van der Waals surface area contributed by atoms with Gasteiger partial charge in [0.05, 0.1) is 6.10 Å². The summed E-state index contributed by atoms with van der Waals surface area (Å²) in [5.74, 6) is 1.56. The molecule has 0 saturated carbocycles. The van der Waals surface area contributed by atoms with Gasteiger partial charge in [0.2, 0.25) is 0 Å². The highest BCUT2D eigenvalue weighted by Crippen LogP contribution is 2.21. The first-order valence-electron chi connectivity index (χ1n) is 4.76. The van der Waals surface area contributed by atoms with E-state index < -0.39 is 0 Å². The minimum Gasteiger partial charge on any atom is -0.393 e. The molecule has 0 heterocycles. The molecular formula is C10H22O. The lowest BCUT2D eigenvalue weighted by Crippen LogP contribution is -2.10. The molecule has 2 atom stereocenters. The van der Waals surface area contributed by atoms with Gasteiger partial charge in [-0.05, 0) is 31.6 Å². The van der Waals surface area contributed by atoms with Gasteiger partial charge >= 0.3 is 0 Å². The Morgan fingerprint density at radius 2 is 1.64 bits per heavy atom. The van der Waals surface area contributed by atoms with Crippen LogP contribution in [-0.2, 0) is 0 Å². The molecule has 0 aromatic carbocycles. The molecule has 0 aromatic rings. The third kappa shape index (κ3) is 5.25. The van der Waals surface area contributed by atoms with Crippen LogP contribution in [0.3, 0.4) is 0 Å². The summed E-state index contributed by atoms with van der Waals surface area (Å²) in [6.07, 6.45) is 3.25. The molecule has 0 amide bonds. The average Bonchev–Trinajstić information content (AvgIpc) is 1.87. The maximum absolute atomic E-state index is 9.08. The molecule has 1 heteroatoms. The van der Waals surface area contributed by atoms with E-state index in [1.54, 1.807) is 0 Å². The Labute approximate surface area is 70.8 Å². The Bertz CT molecular complexity index is 86.9. The van der Waals surface area contributed by atoms with Gasteiger partial charge in [-0.25, -0.2) is 0 Å². The highest BCUT2D eigenvalue weighted by Gasteiger charge is 2.11. The van der Waals surface area contributed by atoms with Crippen LogP contribution in [0.15, 0.2) is 0 Å². The van der Waals surface area contributed by atoms with E-state index in [-0.39, 0.29) is 6.10 Å². The molecule has 0 aliphatic heterocycles. The molecule has 68 valence electrons. The van der Waals surface area contributed by atoms with Crippen LogP contribution in [0.5, 0.6) is 0 Å². The number of aliphatic hydroxyl groups excluding tert-OH is 1. The Morgan fingerprint density at radius 1 is 1.09 bits per heavy atom. The van der Waals surface area contributed by atoms with Gasteiger partial charge in [0.15, 0.2) is 0 Å². The summed E-state index contributed by atoms with van der Waals surface area (Å²) in [7, 11) is 0. The number of hydrogen-bond donors (Lipinski definition) is 1. The molecular weight excluding hydrogens is 136 g/mol. The number of aliphatic hydroxyl groups is 1. The van der Waals surface area contributed by atoms with Gasteiger partial charge in [0, 0.05) is 0 Å². The fourth-order valence-electron chi connectivity index (χ4n) is 1.46. The number of rotatable bonds is 5. The molecule has 0 radical (unpaired) electrons. The third-order valence-corrected chi connectivity index (χ3v) is 2.42. The lowest BCUT2D eigenvalue weighted by atomic mass is 9.88. The first-order valence-corrected chi connectivity index (χ1v) is 4.76. The van der Waals surface area contributed by atoms with Crippen molar-refractivity contribution in [1.29, 1.82) is 0 Å². The van der Waals surface area contributed by atoms with Gasteiger partial charge in [-0.1, -0.05) is 27.2 Å². The molecule has 1 N–H and O–H groups in total. The molecule has 0 rings (SSSR count). The molecule has 1 nitrogen and oxygen atoms in total. The van der Waals surface area contributed by atoms with E-state index in [2.05, 4.69) is 20.8 Å². The van der Waals surface area contributed by atoms with E-state index in [0.717, 1.165) is 18.3 Å². The second kappa shape index (κ2) is 5.59. The van der Waals surface area contributed by atoms with E-state index >= 15 is 0 Å². The van der Waals surface area contributed by atoms with Crippen molar-refractivity contribution < 1.29 is 5.11 Å². The molecule has 11 heavy (non-hydrogen) atoms. The largest absolute Gasteiger partial charge is 0.393 e. The zero-order chi connectivity index (χ0) is 8.85. The minimum absolute atomic E-state index is 0.122. The van der Waals surface area contributed by atoms with E-state index in [9.17, 15) is 0 Å². The second-order valence-electron chi connectivity index (χ2n) is 3.84. The lowest BCUT2D eigenvalue weighted by molar-refractivity contribution is 0.166. The van der Waals surface area contributed by atoms with Gasteiger partial charge in [-0.3, -0.25) is 0 Å². The third-order valence-electron chi connectivity index (χ3n) is 2.42. The summed E-state index contributed by atoms with van der Waals surface area (Å²) in [6.45, 7) is 8.62. The average molecular weight is 158 g/mol. The van der Waals surface area contributed by atoms with Crippen LogP contribution in [0.2, 0.25) is 0 Å². The van der Waals surface area contributed by atoms with Crippen LogP contribution < -0.4 is 0 Å². The summed E-state index contributed by atoms with van der Waals surface area (Å²) in [5.41, 5.74) is 0. The van der Waals surface area contributed by atoms with E-state index in [1.807, 2.05) is 6.92 Å². The first-order chi connectivity index (χ1) is 5.07. The molecule has 0 fully saturated rings. The van der Waals surface area contributed by atoms with Crippen LogP contribution >= 0.6 is 0 Å². The summed E-state index contributed by atoms with van der Waals surface area (Å²) < 4.78 is 0. The Balaban J connectivity index is 3.52. The Kier molecular flexibility index (Phi) is 5.57. The summed E-state index contributed by atoms with van der Waals surface area (Å²) in [5, 5.41) is 9.08. The van der Waals surface area contributed by atoms with E-state index in [1.165, 1.54) is 12.8 Å². The van der Waals surface area contributed by atoms with Crippen molar-refractivity contribution in [2.75, 3.05) is 0 Å². The van der Waals surface area contributed by atoms with Crippen molar-refractivity contribution in [3.05, 3.63) is 0 Å². The fraction of sp³-hybridized carbons (Fsp3) is 1.00. The zero-order valence-electron chi connectivity index (χ0n) is 8.30. The maximum atomic E-state index is 9.08. The number of hydrogen-bond acceptors (Lipinski definition) is 1. The van der Waals surface area contributed by atoms with E-state index in [4.69, 9.17) is 5.11 Å². The highest BCUT2D eigenvalue weighted by molar-refractivity contribution is 4.62. The van der Waals surface area contributed by atoms with Crippen LogP contribution in [-0.4, -0.2) is 11.2 Å². The molecule has 0 aliphatic rings. The predicted octanol–water partition coefficient (Wildman–Crippen LogP) is 2.83. The van der Waals surface area contributed by atoms with Gasteiger partial charge in [0.1, 0.15) is 0 Å². The topological polar surface area (TPSA) is 20.2 Å². The first kappa shape index (κ1) is 11.0. The smallest absolute Gasteiger partial charge is 0.0512 e. The normalized spacial score (nSPS) is 16.9. The van der Waals surface area contributed by atoms with E-state index in [0.29, 0.717) is 0 Å². The summed E-state index contributed by atoms with van der Waals surface area (Å²) in [6, 6.07) is 0. The quantitative estimate of drug-likeness (QED) is 0.652. The molecule has 1 unspecified atom stereocenters. The van der Waals surface area contributed by atoms with Crippen LogP contribution in [0.1, 0.15) is 47.0 Å². The summed E-state index contributed by atoms with van der Waals surface area (Å²) in [4.78, 5) is 0. The van der Waals surface area contributed by atoms with Crippen molar-refractivity contribution in [2.24, 2.45) is 11.8 Å². The molecule has 0 bridgehead atoms. The Hall–Kier alpha value is -0.0400. The van der Waals surface area contributed by atoms with Crippen molar-refractivity contribution in [1.82, 2.24) is 0 Å².